The van der Waals surface area contributed by atoms with Gasteiger partial charge in [0.15, 0.2) is 0 Å². The molecule has 0 fully saturated rings. The summed E-state index contributed by atoms with van der Waals surface area (Å²) in [5.41, 5.74) is 5.42. The van der Waals surface area contributed by atoms with E-state index < -0.39 is 0 Å². The van der Waals surface area contributed by atoms with Crippen LogP contribution in [0.25, 0.3) is 0 Å². The van der Waals surface area contributed by atoms with Gasteiger partial charge in [-0.25, -0.2) is 0 Å². The van der Waals surface area contributed by atoms with Gasteiger partial charge in [0.2, 0.25) is 0 Å². The highest BCUT2D eigenvalue weighted by Crippen LogP contribution is 2.09. The van der Waals surface area contributed by atoms with E-state index in [9.17, 15) is 0 Å². The van der Waals surface area contributed by atoms with Crippen molar-refractivity contribution in [3.63, 3.8) is 0 Å². The second-order valence-electron chi connectivity index (χ2n) is 3.97. The Morgan fingerprint density at radius 3 is 1.38 bits per heavy atom. The van der Waals surface area contributed by atoms with Gasteiger partial charge in [0, 0.05) is 0 Å². The normalized spacial score (nSPS) is 10.6. The van der Waals surface area contributed by atoms with Crippen molar-refractivity contribution >= 4 is 0 Å². The first kappa shape index (κ1) is 13.0. The molecule has 1 heteroatoms. The topological polar surface area (TPSA) is 26.0 Å². The highest BCUT2D eigenvalue weighted by Gasteiger charge is 1.90. The summed E-state index contributed by atoms with van der Waals surface area (Å²) < 4.78 is 0. The van der Waals surface area contributed by atoms with Gasteiger partial charge in [-0.15, -0.1) is 0 Å². The molecule has 0 aromatic carbocycles. The molecule has 0 spiro atoms. The standard InChI is InChI=1S/C12H27N/c1-2-3-4-5-6-7-8-9-10-11-12-13/h2-13H2,1H3/i13+1. The summed E-state index contributed by atoms with van der Waals surface area (Å²) in [5, 5.41) is 0. The molecule has 1 nitrogen and oxygen atoms in total. The fraction of sp³-hybridized carbons (Fsp3) is 1.00. The number of nitrogens with two attached hydrogens (primary N) is 1. The van der Waals surface area contributed by atoms with Crippen LogP contribution in [0.5, 0.6) is 0 Å². The van der Waals surface area contributed by atoms with E-state index in [1.165, 1.54) is 64.2 Å². The lowest BCUT2D eigenvalue weighted by atomic mass is 10.1. The molecule has 0 saturated carbocycles. The van der Waals surface area contributed by atoms with Crippen LogP contribution in [0.15, 0.2) is 0 Å². The Morgan fingerprint density at radius 2 is 1.00 bits per heavy atom. The fourth-order valence-electron chi connectivity index (χ4n) is 1.63. The Kier molecular flexibility index (Phi) is 11.9. The molecule has 13 heavy (non-hydrogen) atoms. The SMILES string of the molecule is CCCCCCCCCCCC[15NH2]. The van der Waals surface area contributed by atoms with Crippen molar-refractivity contribution in [1.29, 1.82) is 0 Å². The molecule has 0 radical (unpaired) electrons. The number of hydrogen-bond acceptors (Lipinski definition) is 1. The highest BCUT2D eigenvalue weighted by atomic mass is 15.3. The van der Waals surface area contributed by atoms with Gasteiger partial charge in [-0.3, -0.25) is 0 Å². The van der Waals surface area contributed by atoms with Crippen LogP contribution in [-0.4, -0.2) is 6.54 Å². The minimum absolute atomic E-state index is 0.872. The van der Waals surface area contributed by atoms with Crippen LogP contribution >= 0.6 is 0 Å². The lowest BCUT2D eigenvalue weighted by Gasteiger charge is -2.00. The van der Waals surface area contributed by atoms with E-state index in [2.05, 4.69) is 6.92 Å². The molecule has 0 bridgehead atoms. The Hall–Kier alpha value is -0.0400. The van der Waals surface area contributed by atoms with Crippen molar-refractivity contribution in [2.45, 2.75) is 71.1 Å². The monoisotopic (exact) mass is 186 g/mol. The van der Waals surface area contributed by atoms with E-state index in [1.807, 2.05) is 0 Å². The molecule has 0 aliphatic heterocycles. The maximum absolute atomic E-state index is 5.42. The van der Waals surface area contributed by atoms with Crippen molar-refractivity contribution in [2.75, 3.05) is 6.54 Å². The van der Waals surface area contributed by atoms with E-state index in [0.29, 0.717) is 0 Å². The molecule has 0 aliphatic carbocycles. The van der Waals surface area contributed by atoms with Crippen LogP contribution in [0.2, 0.25) is 0 Å². The molecular formula is C12H27N. The van der Waals surface area contributed by atoms with Gasteiger partial charge in [0.05, 0.1) is 0 Å². The minimum atomic E-state index is 0.872. The van der Waals surface area contributed by atoms with Crippen molar-refractivity contribution in [2.24, 2.45) is 5.73 Å². The lowest BCUT2D eigenvalue weighted by Crippen LogP contribution is -1.97. The van der Waals surface area contributed by atoms with Gasteiger partial charge in [-0.1, -0.05) is 64.7 Å². The lowest BCUT2D eigenvalue weighted by molar-refractivity contribution is 0.558. The largest absolute Gasteiger partial charge is 0.330 e. The van der Waals surface area contributed by atoms with Crippen molar-refractivity contribution < 1.29 is 0 Å². The smallest absolute Gasteiger partial charge is 0.00773 e. The van der Waals surface area contributed by atoms with Crippen LogP contribution in [0.4, 0.5) is 0 Å². The minimum Gasteiger partial charge on any atom is -0.330 e. The Bertz CT molecular complexity index is 71.2. The molecule has 0 atom stereocenters. The highest BCUT2D eigenvalue weighted by molar-refractivity contribution is 4.47. The third kappa shape index (κ3) is 12.0. The third-order valence-electron chi connectivity index (χ3n) is 2.56. The first-order valence-electron chi connectivity index (χ1n) is 6.12. The summed E-state index contributed by atoms with van der Waals surface area (Å²) >= 11 is 0. The molecule has 80 valence electrons. The molecular weight excluding hydrogens is 159 g/mol. The summed E-state index contributed by atoms with van der Waals surface area (Å²) in [6, 6.07) is 0. The number of unbranched alkanes of at least 4 members (excludes halogenated alkanes) is 9. The molecule has 0 amide bonds. The molecule has 0 aromatic rings. The van der Waals surface area contributed by atoms with Crippen molar-refractivity contribution in [3.05, 3.63) is 0 Å². The van der Waals surface area contributed by atoms with E-state index >= 15 is 0 Å². The van der Waals surface area contributed by atoms with Gasteiger partial charge in [-0.05, 0) is 13.0 Å². The van der Waals surface area contributed by atoms with Gasteiger partial charge in [0.1, 0.15) is 0 Å². The average molecular weight is 186 g/mol. The van der Waals surface area contributed by atoms with Crippen LogP contribution in [0, 0.1) is 0 Å². The maximum atomic E-state index is 5.42. The maximum Gasteiger partial charge on any atom is -0.00773 e. The molecule has 0 saturated heterocycles. The fourth-order valence-corrected chi connectivity index (χ4v) is 1.63. The Balaban J connectivity index is 2.76. The molecule has 0 heterocycles. The van der Waals surface area contributed by atoms with Crippen LogP contribution in [0.1, 0.15) is 71.1 Å². The zero-order valence-electron chi connectivity index (χ0n) is 9.36. The summed E-state index contributed by atoms with van der Waals surface area (Å²) in [6.07, 6.45) is 13.9. The number of hydrogen-bond donors (Lipinski definition) is 1. The van der Waals surface area contributed by atoms with E-state index in [0.717, 1.165) is 6.54 Å². The van der Waals surface area contributed by atoms with E-state index in [1.54, 1.807) is 0 Å². The summed E-state index contributed by atoms with van der Waals surface area (Å²) in [7, 11) is 0. The second-order valence-corrected chi connectivity index (χ2v) is 3.97. The van der Waals surface area contributed by atoms with Gasteiger partial charge >= 0.3 is 0 Å². The van der Waals surface area contributed by atoms with Gasteiger partial charge in [0.25, 0.3) is 0 Å². The third-order valence-corrected chi connectivity index (χ3v) is 2.56. The van der Waals surface area contributed by atoms with Gasteiger partial charge < -0.3 is 5.73 Å². The number of rotatable bonds is 10. The first-order chi connectivity index (χ1) is 6.41. The Morgan fingerprint density at radius 1 is 0.615 bits per heavy atom. The van der Waals surface area contributed by atoms with Crippen molar-refractivity contribution in [3.8, 4) is 0 Å². The van der Waals surface area contributed by atoms with Crippen molar-refractivity contribution in [1.82, 2.24) is 0 Å². The quantitative estimate of drug-likeness (QED) is 0.407. The van der Waals surface area contributed by atoms with Crippen LogP contribution < -0.4 is 5.73 Å². The molecule has 0 aromatic heterocycles. The van der Waals surface area contributed by atoms with E-state index in [-0.39, 0.29) is 0 Å². The van der Waals surface area contributed by atoms with Crippen LogP contribution in [-0.2, 0) is 0 Å². The molecule has 2 N–H and O–H groups in total. The summed E-state index contributed by atoms with van der Waals surface area (Å²) in [5.74, 6) is 0. The summed E-state index contributed by atoms with van der Waals surface area (Å²) in [4.78, 5) is 0. The second kappa shape index (κ2) is 12.0. The zero-order valence-corrected chi connectivity index (χ0v) is 9.36. The molecule has 0 unspecified atom stereocenters. The zero-order chi connectivity index (χ0) is 9.78. The molecule has 0 rings (SSSR count). The van der Waals surface area contributed by atoms with Crippen LogP contribution in [0.3, 0.4) is 0 Å². The molecule has 0 aliphatic rings. The predicted molar refractivity (Wildman–Crippen MR) is 60.9 cm³/mol. The van der Waals surface area contributed by atoms with Gasteiger partial charge in [-0.2, -0.15) is 0 Å². The predicted octanol–water partition coefficient (Wildman–Crippen LogP) is 3.87. The van der Waals surface area contributed by atoms with E-state index in [4.69, 9.17) is 5.73 Å². The summed E-state index contributed by atoms with van der Waals surface area (Å²) in [6.45, 7) is 3.14. The first-order valence-corrected chi connectivity index (χ1v) is 6.12. The average Bonchev–Trinajstić information content (AvgIpc) is 2.16. The Labute approximate surface area is 84.1 Å².